The molecule has 0 saturated carbocycles. The number of aromatic hydroxyl groups is 1. The Labute approximate surface area is 133 Å². The minimum absolute atomic E-state index is 0.0673. The van der Waals surface area contributed by atoms with Gasteiger partial charge in [0.05, 0.1) is 10.1 Å². The predicted octanol–water partition coefficient (Wildman–Crippen LogP) is 0.966. The molecule has 3 N–H and O–H groups in total. The molecule has 11 heteroatoms. The van der Waals surface area contributed by atoms with Crippen LogP contribution in [-0.4, -0.2) is 39.4 Å². The van der Waals surface area contributed by atoms with Crippen molar-refractivity contribution in [2.24, 2.45) is 0 Å². The molecule has 0 aliphatic rings. The number of phenols is 1. The van der Waals surface area contributed by atoms with Gasteiger partial charge in [-0.3, -0.25) is 19.5 Å². The second-order valence-corrected chi connectivity index (χ2v) is 6.33. The number of aryl methyl sites for hydroxylation is 1. The third-order valence-electron chi connectivity index (χ3n) is 2.53. The first-order chi connectivity index (χ1) is 9.57. The molecule has 0 aromatic heterocycles. The van der Waals surface area contributed by atoms with Crippen LogP contribution in [0.5, 0.6) is 5.75 Å². The van der Waals surface area contributed by atoms with Crippen LogP contribution in [0, 0.1) is 17.0 Å². The molecule has 0 saturated heterocycles. The smallest absolute Gasteiger partial charge is 0.300 e. The molecule has 0 bridgehead atoms. The number of hydrogen-bond acceptors (Lipinski definition) is 6. The fourth-order valence-electron chi connectivity index (χ4n) is 1.49. The third-order valence-corrected chi connectivity index (χ3v) is 4.36. The molecule has 0 aliphatic heterocycles. The minimum Gasteiger partial charge on any atom is -0.506 e. The van der Waals surface area contributed by atoms with Crippen molar-refractivity contribution in [1.29, 1.82) is 0 Å². The van der Waals surface area contributed by atoms with E-state index >= 15 is 0 Å². The van der Waals surface area contributed by atoms with E-state index in [0.29, 0.717) is 0 Å². The van der Waals surface area contributed by atoms with Crippen LogP contribution in [0.4, 0.5) is 5.69 Å². The molecular weight excluding hydrogens is 419 g/mol. The molecule has 0 spiro atoms. The van der Waals surface area contributed by atoms with Gasteiger partial charge in [0.25, 0.3) is 22.1 Å². The maximum Gasteiger partial charge on any atom is 0.300 e. The number of halogens is 1. The molecule has 1 rings (SSSR count). The summed E-state index contributed by atoms with van der Waals surface area (Å²) in [6.45, 7) is 1.33. The average molecular weight is 430 g/mol. The standard InChI is InChI=1S/C10H11IN2O7S/c1-5-2-6(8(14)3-9(5)21(18,19)20)12-10(15)7(4-11)13(16)17/h2-3,7,14H,4H2,1H3,(H,12,15)(H,18,19,20). The topological polar surface area (TPSA) is 147 Å². The first-order valence-corrected chi connectivity index (χ1v) is 8.36. The second kappa shape index (κ2) is 6.53. The number of alkyl halides is 1. The number of nitrogens with zero attached hydrogens (tertiary/aromatic N) is 1. The van der Waals surface area contributed by atoms with Gasteiger partial charge < -0.3 is 10.4 Å². The van der Waals surface area contributed by atoms with E-state index in [9.17, 15) is 28.4 Å². The highest BCUT2D eigenvalue weighted by Crippen LogP contribution is 2.29. The van der Waals surface area contributed by atoms with Crippen LogP contribution in [-0.2, 0) is 14.9 Å². The summed E-state index contributed by atoms with van der Waals surface area (Å²) in [6, 6.07) is 0.359. The fraction of sp³-hybridized carbons (Fsp3) is 0.300. The minimum atomic E-state index is -4.52. The molecule has 0 radical (unpaired) electrons. The lowest BCUT2D eigenvalue weighted by Gasteiger charge is -2.12. The number of carbonyl (C=O) groups excluding carboxylic acids is 1. The lowest BCUT2D eigenvalue weighted by atomic mass is 10.2. The summed E-state index contributed by atoms with van der Waals surface area (Å²) in [5.41, 5.74) is -0.112. The molecule has 1 aromatic carbocycles. The molecule has 0 fully saturated rings. The van der Waals surface area contributed by atoms with Crippen molar-refractivity contribution in [1.82, 2.24) is 0 Å². The van der Waals surface area contributed by atoms with Crippen molar-refractivity contribution in [2.75, 3.05) is 9.74 Å². The predicted molar refractivity (Wildman–Crippen MR) is 81.0 cm³/mol. The van der Waals surface area contributed by atoms with E-state index in [1.54, 1.807) is 22.6 Å². The van der Waals surface area contributed by atoms with E-state index in [-0.39, 0.29) is 15.7 Å². The Hall–Kier alpha value is -1.47. The van der Waals surface area contributed by atoms with Crippen LogP contribution < -0.4 is 5.32 Å². The zero-order chi connectivity index (χ0) is 16.4. The van der Waals surface area contributed by atoms with Gasteiger partial charge in [0, 0.05) is 11.0 Å². The Morgan fingerprint density at radius 1 is 1.52 bits per heavy atom. The number of hydrogen-bond donors (Lipinski definition) is 3. The highest BCUT2D eigenvalue weighted by atomic mass is 127. The number of rotatable bonds is 5. The van der Waals surface area contributed by atoms with Crippen LogP contribution in [0.2, 0.25) is 0 Å². The molecule has 0 heterocycles. The van der Waals surface area contributed by atoms with Gasteiger partial charge in [0.1, 0.15) is 10.6 Å². The van der Waals surface area contributed by atoms with Crippen molar-refractivity contribution >= 4 is 44.3 Å². The van der Waals surface area contributed by atoms with Gasteiger partial charge in [0.15, 0.2) is 0 Å². The number of nitro groups is 1. The van der Waals surface area contributed by atoms with Gasteiger partial charge >= 0.3 is 0 Å². The lowest BCUT2D eigenvalue weighted by Crippen LogP contribution is -2.36. The van der Waals surface area contributed by atoms with E-state index in [1.165, 1.54) is 6.92 Å². The van der Waals surface area contributed by atoms with Crippen LogP contribution in [0.25, 0.3) is 0 Å². The van der Waals surface area contributed by atoms with Crippen molar-refractivity contribution in [3.8, 4) is 5.75 Å². The van der Waals surface area contributed by atoms with Crippen molar-refractivity contribution in [3.05, 3.63) is 27.8 Å². The fourth-order valence-corrected chi connectivity index (χ4v) is 2.94. The molecule has 116 valence electrons. The summed E-state index contributed by atoms with van der Waals surface area (Å²) >= 11 is 1.68. The maximum absolute atomic E-state index is 11.7. The highest BCUT2D eigenvalue weighted by Gasteiger charge is 2.29. The van der Waals surface area contributed by atoms with Crippen molar-refractivity contribution < 1.29 is 27.8 Å². The Morgan fingerprint density at radius 2 is 2.10 bits per heavy atom. The number of phenolic OH excluding ortho intramolecular Hbond substituents is 1. The van der Waals surface area contributed by atoms with Gasteiger partial charge in [-0.15, -0.1) is 0 Å². The van der Waals surface area contributed by atoms with Gasteiger partial charge in [-0.2, -0.15) is 8.42 Å². The summed E-state index contributed by atoms with van der Waals surface area (Å²) in [5, 5.41) is 22.5. The third kappa shape index (κ3) is 4.25. The monoisotopic (exact) mass is 430 g/mol. The quantitative estimate of drug-likeness (QED) is 0.158. The second-order valence-electron chi connectivity index (χ2n) is 4.05. The summed E-state index contributed by atoms with van der Waals surface area (Å²) in [6.07, 6.45) is 0. The lowest BCUT2D eigenvalue weighted by molar-refractivity contribution is -0.500. The summed E-state index contributed by atoms with van der Waals surface area (Å²) in [5.74, 6) is -1.57. The average Bonchev–Trinajstić information content (AvgIpc) is 2.32. The molecule has 9 nitrogen and oxygen atoms in total. The molecule has 21 heavy (non-hydrogen) atoms. The number of amides is 1. The van der Waals surface area contributed by atoms with Crippen LogP contribution >= 0.6 is 22.6 Å². The van der Waals surface area contributed by atoms with Gasteiger partial charge in [-0.05, 0) is 18.6 Å². The first kappa shape index (κ1) is 17.6. The molecule has 1 amide bonds. The molecule has 1 unspecified atom stereocenters. The summed E-state index contributed by atoms with van der Waals surface area (Å²) in [7, 11) is -4.52. The van der Waals surface area contributed by atoms with Crippen LogP contribution in [0.15, 0.2) is 17.0 Å². The normalized spacial score (nSPS) is 12.7. The first-order valence-electron chi connectivity index (χ1n) is 5.39. The highest BCUT2D eigenvalue weighted by molar-refractivity contribution is 14.1. The maximum atomic E-state index is 11.7. The van der Waals surface area contributed by atoms with Crippen LogP contribution in [0.1, 0.15) is 5.56 Å². The summed E-state index contributed by atoms with van der Waals surface area (Å²) in [4.78, 5) is 21.1. The molecule has 0 aliphatic carbocycles. The van der Waals surface area contributed by atoms with Crippen molar-refractivity contribution in [2.45, 2.75) is 17.9 Å². The number of anilines is 1. The Bertz CT molecular complexity index is 689. The van der Waals surface area contributed by atoms with Gasteiger partial charge in [0.2, 0.25) is 0 Å². The SMILES string of the molecule is Cc1cc(NC(=O)C(CI)[N+](=O)[O-])c(O)cc1S(=O)(=O)O. The van der Waals surface area contributed by atoms with Crippen LogP contribution in [0.3, 0.4) is 0 Å². The molecule has 1 aromatic rings. The number of benzene rings is 1. The number of nitrogens with one attached hydrogen (secondary N) is 1. The largest absolute Gasteiger partial charge is 0.506 e. The Balaban J connectivity index is 3.15. The summed E-state index contributed by atoms with van der Waals surface area (Å²) < 4.78 is 31.0. The van der Waals surface area contributed by atoms with Gasteiger partial charge in [-0.25, -0.2) is 0 Å². The molecule has 1 atom stereocenters. The van der Waals surface area contributed by atoms with Gasteiger partial charge in [-0.1, -0.05) is 22.6 Å². The molecular formula is C10H11IN2O7S. The van der Waals surface area contributed by atoms with E-state index in [0.717, 1.165) is 12.1 Å². The Kier molecular flexibility index (Phi) is 5.47. The zero-order valence-electron chi connectivity index (χ0n) is 10.6. The van der Waals surface area contributed by atoms with Crippen molar-refractivity contribution in [3.63, 3.8) is 0 Å². The zero-order valence-corrected chi connectivity index (χ0v) is 13.6. The Morgan fingerprint density at radius 3 is 2.52 bits per heavy atom. The van der Waals surface area contributed by atoms with E-state index in [2.05, 4.69) is 5.32 Å². The number of carbonyl (C=O) groups is 1. The van der Waals surface area contributed by atoms with E-state index in [1.807, 2.05) is 0 Å². The van der Waals surface area contributed by atoms with E-state index < -0.39 is 37.6 Å². The van der Waals surface area contributed by atoms with E-state index in [4.69, 9.17) is 4.55 Å².